The first-order chi connectivity index (χ1) is 10.8. The fraction of sp³-hybridized carbons (Fsp3) is 0.769. The van der Waals surface area contributed by atoms with Crippen LogP contribution in [0.3, 0.4) is 0 Å². The molecule has 0 aliphatic rings. The summed E-state index contributed by atoms with van der Waals surface area (Å²) in [6, 6.07) is 0. The van der Waals surface area contributed by atoms with E-state index >= 15 is 0 Å². The highest BCUT2D eigenvalue weighted by molar-refractivity contribution is 7.90. The van der Waals surface area contributed by atoms with Crippen molar-refractivity contribution in [3.8, 4) is 0 Å². The van der Waals surface area contributed by atoms with Crippen molar-refractivity contribution in [2.24, 2.45) is 0 Å². The minimum atomic E-state index is -3.81. The number of sulfonamides is 1. The summed E-state index contributed by atoms with van der Waals surface area (Å²) in [5, 5.41) is 11.0. The number of ether oxygens (including phenoxy) is 1. The van der Waals surface area contributed by atoms with E-state index in [9.17, 15) is 22.8 Å². The first-order valence-corrected chi connectivity index (χ1v) is 9.01. The molecule has 3 N–H and O–H groups in total. The topological polar surface area (TPSA) is 139 Å². The maximum absolute atomic E-state index is 11.6. The molecule has 0 atom stereocenters. The van der Waals surface area contributed by atoms with Gasteiger partial charge in [-0.05, 0) is 19.8 Å². The van der Waals surface area contributed by atoms with Crippen molar-refractivity contribution in [2.45, 2.75) is 39.0 Å². The maximum Gasteiger partial charge on any atom is 0.303 e. The van der Waals surface area contributed by atoms with Crippen LogP contribution in [0.4, 0.5) is 0 Å². The van der Waals surface area contributed by atoms with E-state index in [0.717, 1.165) is 0 Å². The van der Waals surface area contributed by atoms with E-state index in [1.54, 1.807) is 0 Å². The van der Waals surface area contributed by atoms with Gasteiger partial charge >= 0.3 is 5.97 Å². The average Bonchev–Trinajstić information content (AvgIpc) is 2.42. The molecule has 0 aliphatic heterocycles. The fourth-order valence-corrected chi connectivity index (χ4v) is 2.67. The Balaban J connectivity index is 3.88. The van der Waals surface area contributed by atoms with Gasteiger partial charge in [0.05, 0.1) is 12.4 Å². The Morgan fingerprint density at radius 3 is 2.30 bits per heavy atom. The number of amides is 2. The zero-order valence-electron chi connectivity index (χ0n) is 13.2. The average molecular weight is 352 g/mol. The highest BCUT2D eigenvalue weighted by Gasteiger charge is 2.15. The number of carbonyl (C=O) groups is 3. The maximum atomic E-state index is 11.6. The third-order valence-electron chi connectivity index (χ3n) is 2.65. The number of hydrogen-bond acceptors (Lipinski definition) is 6. The van der Waals surface area contributed by atoms with Crippen molar-refractivity contribution in [1.29, 1.82) is 0 Å². The van der Waals surface area contributed by atoms with Gasteiger partial charge in [0, 0.05) is 32.4 Å². The summed E-state index contributed by atoms with van der Waals surface area (Å²) in [4.78, 5) is 33.1. The molecule has 10 heteroatoms. The molecular weight excluding hydrogens is 328 g/mol. The van der Waals surface area contributed by atoms with Crippen molar-refractivity contribution in [3.05, 3.63) is 0 Å². The summed E-state index contributed by atoms with van der Waals surface area (Å²) in [7, 11) is -3.81. The van der Waals surface area contributed by atoms with Crippen LogP contribution in [0.15, 0.2) is 0 Å². The van der Waals surface area contributed by atoms with Crippen LogP contribution in [0.5, 0.6) is 0 Å². The van der Waals surface area contributed by atoms with E-state index in [0.29, 0.717) is 19.8 Å². The number of nitrogens with one attached hydrogen (secondary N) is 2. The highest BCUT2D eigenvalue weighted by atomic mass is 32.2. The quantitative estimate of drug-likeness (QED) is 0.384. The van der Waals surface area contributed by atoms with Gasteiger partial charge in [-0.15, -0.1) is 0 Å². The van der Waals surface area contributed by atoms with Crippen molar-refractivity contribution >= 4 is 27.8 Å². The van der Waals surface area contributed by atoms with E-state index in [-0.39, 0.29) is 43.8 Å². The summed E-state index contributed by atoms with van der Waals surface area (Å²) in [5.41, 5.74) is 0. The van der Waals surface area contributed by atoms with Crippen molar-refractivity contribution < 1.29 is 32.6 Å². The molecule has 0 rings (SSSR count). The molecule has 9 nitrogen and oxygen atoms in total. The molecule has 2 amide bonds. The molecule has 0 bridgehead atoms. The number of hydrogen-bond donors (Lipinski definition) is 3. The number of aliphatic carboxylic acids is 1. The van der Waals surface area contributed by atoms with Crippen LogP contribution in [-0.2, 0) is 29.1 Å². The first-order valence-electron chi connectivity index (χ1n) is 7.36. The number of carboxylic acid groups (broad SMARTS) is 1. The molecule has 23 heavy (non-hydrogen) atoms. The van der Waals surface area contributed by atoms with Crippen LogP contribution < -0.4 is 10.0 Å². The van der Waals surface area contributed by atoms with Crippen LogP contribution in [0.25, 0.3) is 0 Å². The normalized spacial score (nSPS) is 11.0. The molecule has 0 aromatic carbocycles. The van der Waals surface area contributed by atoms with Crippen LogP contribution in [0, 0.1) is 0 Å². The Morgan fingerprint density at radius 2 is 1.70 bits per heavy atom. The Bertz CT molecular complexity index is 491. The summed E-state index contributed by atoms with van der Waals surface area (Å²) < 4.78 is 30.1. The molecule has 0 heterocycles. The molecule has 0 aromatic heterocycles. The largest absolute Gasteiger partial charge is 0.481 e. The summed E-state index contributed by atoms with van der Waals surface area (Å²) in [6.45, 7) is 3.15. The predicted octanol–water partition coefficient (Wildman–Crippen LogP) is -0.380. The molecule has 0 radical (unpaired) electrons. The lowest BCUT2D eigenvalue weighted by molar-refractivity contribution is -0.137. The molecule has 0 unspecified atom stereocenters. The molecule has 0 fully saturated rings. The zero-order valence-corrected chi connectivity index (χ0v) is 14.0. The molecule has 134 valence electrons. The number of carbonyl (C=O) groups excluding carboxylic acids is 2. The van der Waals surface area contributed by atoms with Gasteiger partial charge in [0.2, 0.25) is 21.8 Å². The Hall–Kier alpha value is -1.68. The number of rotatable bonds is 13. The smallest absolute Gasteiger partial charge is 0.303 e. The Kier molecular flexibility index (Phi) is 11.0. The lowest BCUT2D eigenvalue weighted by Gasteiger charge is -2.07. The highest BCUT2D eigenvalue weighted by Crippen LogP contribution is 1.99. The molecule has 0 saturated carbocycles. The van der Waals surface area contributed by atoms with E-state index in [2.05, 4.69) is 5.32 Å². The van der Waals surface area contributed by atoms with E-state index in [1.165, 1.54) is 0 Å². The second-order valence-electron chi connectivity index (χ2n) is 4.74. The first kappa shape index (κ1) is 21.3. The standard InChI is InChI=1S/C13H24N2O7S/c1-2-22-9-8-14-11(16)6-4-10-23(20,21)15-12(17)5-3-7-13(18)19/h2-10H2,1H3,(H,14,16)(H,15,17)(H,18,19). The lowest BCUT2D eigenvalue weighted by atomic mass is 10.2. The Labute approximate surface area is 135 Å². The van der Waals surface area contributed by atoms with Gasteiger partial charge in [0.1, 0.15) is 0 Å². The van der Waals surface area contributed by atoms with Crippen LogP contribution in [0.1, 0.15) is 39.0 Å². The van der Waals surface area contributed by atoms with Crippen molar-refractivity contribution in [3.63, 3.8) is 0 Å². The second kappa shape index (κ2) is 11.8. The molecule has 0 aromatic rings. The van der Waals surface area contributed by atoms with Crippen molar-refractivity contribution in [2.75, 3.05) is 25.5 Å². The molecule has 0 aliphatic carbocycles. The summed E-state index contributed by atoms with van der Waals surface area (Å²) in [6.07, 6.45) is -0.198. The van der Waals surface area contributed by atoms with Gasteiger partial charge in [-0.3, -0.25) is 19.1 Å². The third-order valence-corrected chi connectivity index (χ3v) is 4.02. The predicted molar refractivity (Wildman–Crippen MR) is 82.2 cm³/mol. The second-order valence-corrected chi connectivity index (χ2v) is 6.58. The van der Waals surface area contributed by atoms with Gasteiger partial charge in [-0.2, -0.15) is 0 Å². The van der Waals surface area contributed by atoms with Crippen LogP contribution in [-0.4, -0.2) is 56.8 Å². The van der Waals surface area contributed by atoms with Gasteiger partial charge in [-0.25, -0.2) is 8.42 Å². The molecular formula is C13H24N2O7S. The SMILES string of the molecule is CCOCCNC(=O)CCCS(=O)(=O)NC(=O)CCCC(=O)O. The van der Waals surface area contributed by atoms with Crippen LogP contribution >= 0.6 is 0 Å². The minimum Gasteiger partial charge on any atom is -0.481 e. The van der Waals surface area contributed by atoms with Gasteiger partial charge in [0.15, 0.2) is 0 Å². The van der Waals surface area contributed by atoms with Crippen molar-refractivity contribution in [1.82, 2.24) is 10.0 Å². The van der Waals surface area contributed by atoms with E-state index in [1.807, 2.05) is 11.6 Å². The molecule has 0 spiro atoms. The fourth-order valence-electron chi connectivity index (χ4n) is 1.59. The van der Waals surface area contributed by atoms with Gasteiger partial charge in [0.25, 0.3) is 0 Å². The van der Waals surface area contributed by atoms with E-state index in [4.69, 9.17) is 9.84 Å². The Morgan fingerprint density at radius 1 is 1.04 bits per heavy atom. The summed E-state index contributed by atoms with van der Waals surface area (Å²) in [5.74, 6) is -2.42. The number of carboxylic acids is 1. The van der Waals surface area contributed by atoms with Gasteiger partial charge in [-0.1, -0.05) is 0 Å². The van der Waals surface area contributed by atoms with Gasteiger partial charge < -0.3 is 15.2 Å². The van der Waals surface area contributed by atoms with Crippen LogP contribution in [0.2, 0.25) is 0 Å². The minimum absolute atomic E-state index is 0.0280. The summed E-state index contributed by atoms with van der Waals surface area (Å²) >= 11 is 0. The zero-order chi connectivity index (χ0) is 17.7. The lowest BCUT2D eigenvalue weighted by Crippen LogP contribution is -2.33. The third kappa shape index (κ3) is 13.7. The molecule has 0 saturated heterocycles. The van der Waals surface area contributed by atoms with E-state index < -0.39 is 21.9 Å². The monoisotopic (exact) mass is 352 g/mol.